The van der Waals surface area contributed by atoms with Gasteiger partial charge < -0.3 is 19.9 Å². The number of piperazine rings is 1. The fourth-order valence-electron chi connectivity index (χ4n) is 3.89. The van der Waals surface area contributed by atoms with Crippen LogP contribution in [0.15, 0.2) is 42.7 Å². The Bertz CT molecular complexity index is 808. The smallest absolute Gasteiger partial charge is 0.317 e. The van der Waals surface area contributed by atoms with Gasteiger partial charge in [0.05, 0.1) is 19.3 Å². The van der Waals surface area contributed by atoms with Crippen LogP contribution in [0, 0.1) is 5.82 Å². The van der Waals surface area contributed by atoms with Crippen molar-refractivity contribution in [1.82, 2.24) is 25.1 Å². The number of aromatic nitrogens is 2. The first-order valence-corrected chi connectivity index (χ1v) is 10.3. The van der Waals surface area contributed by atoms with Gasteiger partial charge >= 0.3 is 6.03 Å². The SMILES string of the molecule is O=C(NC[C@@H](c1ccc(F)cc1)N1CCOCC1)N1CCN(c2ncccn2)CC1. The summed E-state index contributed by atoms with van der Waals surface area (Å²) in [6.45, 7) is 5.98. The van der Waals surface area contributed by atoms with Gasteiger partial charge in [0.25, 0.3) is 0 Å². The lowest BCUT2D eigenvalue weighted by Gasteiger charge is -2.37. The number of rotatable bonds is 5. The van der Waals surface area contributed by atoms with Crippen molar-refractivity contribution in [2.45, 2.75) is 6.04 Å². The summed E-state index contributed by atoms with van der Waals surface area (Å²) in [5.41, 5.74) is 0.990. The molecule has 4 rings (SSSR count). The van der Waals surface area contributed by atoms with E-state index in [2.05, 4.69) is 25.1 Å². The summed E-state index contributed by atoms with van der Waals surface area (Å²) in [4.78, 5) is 27.5. The third kappa shape index (κ3) is 5.03. The van der Waals surface area contributed by atoms with Crippen molar-refractivity contribution in [3.63, 3.8) is 0 Å². The van der Waals surface area contributed by atoms with E-state index in [1.54, 1.807) is 30.6 Å². The molecule has 8 nitrogen and oxygen atoms in total. The molecule has 0 bridgehead atoms. The molecule has 1 aromatic carbocycles. The molecule has 2 saturated heterocycles. The van der Waals surface area contributed by atoms with Crippen LogP contribution in [-0.2, 0) is 4.74 Å². The highest BCUT2D eigenvalue weighted by atomic mass is 19.1. The van der Waals surface area contributed by atoms with Gasteiger partial charge in [-0.2, -0.15) is 0 Å². The Hall–Kier alpha value is -2.78. The van der Waals surface area contributed by atoms with Crippen molar-refractivity contribution in [2.24, 2.45) is 0 Å². The number of hydrogen-bond donors (Lipinski definition) is 1. The lowest BCUT2D eigenvalue weighted by Crippen LogP contribution is -2.53. The maximum absolute atomic E-state index is 13.4. The van der Waals surface area contributed by atoms with E-state index in [9.17, 15) is 9.18 Å². The number of carbonyl (C=O) groups excluding carboxylic acids is 1. The van der Waals surface area contributed by atoms with Crippen LogP contribution in [0.3, 0.4) is 0 Å². The molecule has 9 heteroatoms. The molecular weight excluding hydrogens is 387 g/mol. The molecule has 0 saturated carbocycles. The summed E-state index contributed by atoms with van der Waals surface area (Å²) < 4.78 is 18.8. The number of morpholine rings is 1. The number of halogens is 1. The summed E-state index contributed by atoms with van der Waals surface area (Å²) in [5, 5.41) is 3.08. The van der Waals surface area contributed by atoms with Crippen LogP contribution < -0.4 is 10.2 Å². The van der Waals surface area contributed by atoms with Crippen LogP contribution in [0.25, 0.3) is 0 Å². The van der Waals surface area contributed by atoms with Crippen LogP contribution >= 0.6 is 0 Å². The number of urea groups is 1. The van der Waals surface area contributed by atoms with Crippen molar-refractivity contribution in [1.29, 1.82) is 0 Å². The summed E-state index contributed by atoms with van der Waals surface area (Å²) in [6.07, 6.45) is 3.45. The molecule has 1 aromatic heterocycles. The largest absolute Gasteiger partial charge is 0.379 e. The summed E-state index contributed by atoms with van der Waals surface area (Å²) in [5.74, 6) is 0.435. The summed E-state index contributed by atoms with van der Waals surface area (Å²) in [6, 6.07) is 8.21. The maximum atomic E-state index is 13.4. The molecule has 0 aliphatic carbocycles. The Kier molecular flexibility index (Phi) is 6.70. The van der Waals surface area contributed by atoms with Crippen LogP contribution in [0.2, 0.25) is 0 Å². The van der Waals surface area contributed by atoms with Gasteiger partial charge in [0.2, 0.25) is 5.95 Å². The second-order valence-electron chi connectivity index (χ2n) is 7.42. The zero-order chi connectivity index (χ0) is 20.8. The van der Waals surface area contributed by atoms with Gasteiger partial charge in [-0.25, -0.2) is 19.2 Å². The molecule has 2 fully saturated rings. The Balaban J connectivity index is 1.34. The molecule has 160 valence electrons. The number of ether oxygens (including phenoxy) is 1. The monoisotopic (exact) mass is 414 g/mol. The van der Waals surface area contributed by atoms with E-state index in [0.717, 1.165) is 18.7 Å². The number of benzene rings is 1. The van der Waals surface area contributed by atoms with E-state index in [4.69, 9.17) is 4.74 Å². The Morgan fingerprint density at radius 3 is 2.37 bits per heavy atom. The van der Waals surface area contributed by atoms with Crippen LogP contribution in [0.1, 0.15) is 11.6 Å². The molecule has 1 atom stereocenters. The van der Waals surface area contributed by atoms with Gasteiger partial charge in [0.1, 0.15) is 5.82 Å². The van der Waals surface area contributed by atoms with Crippen LogP contribution in [-0.4, -0.2) is 84.8 Å². The van der Waals surface area contributed by atoms with Crippen molar-refractivity contribution in [2.75, 3.05) is 63.9 Å². The normalized spacial score (nSPS) is 18.8. The molecule has 3 heterocycles. The van der Waals surface area contributed by atoms with E-state index >= 15 is 0 Å². The highest BCUT2D eigenvalue weighted by Crippen LogP contribution is 2.22. The molecule has 1 N–H and O–H groups in total. The van der Waals surface area contributed by atoms with E-state index in [1.165, 1.54) is 12.1 Å². The molecular formula is C21H27FN6O2. The molecule has 30 heavy (non-hydrogen) atoms. The van der Waals surface area contributed by atoms with Crippen molar-refractivity contribution in [3.8, 4) is 0 Å². The number of nitrogens with one attached hydrogen (secondary N) is 1. The zero-order valence-corrected chi connectivity index (χ0v) is 16.9. The van der Waals surface area contributed by atoms with Gasteiger partial charge in [0, 0.05) is 58.2 Å². The third-order valence-corrected chi connectivity index (χ3v) is 5.59. The summed E-state index contributed by atoms with van der Waals surface area (Å²) in [7, 11) is 0. The van der Waals surface area contributed by atoms with Gasteiger partial charge in [0.15, 0.2) is 0 Å². The van der Waals surface area contributed by atoms with E-state index in [-0.39, 0.29) is 17.9 Å². The van der Waals surface area contributed by atoms with Crippen LogP contribution in [0.5, 0.6) is 0 Å². The topological polar surface area (TPSA) is 73.8 Å². The number of nitrogens with zero attached hydrogens (tertiary/aromatic N) is 5. The summed E-state index contributed by atoms with van der Waals surface area (Å²) >= 11 is 0. The minimum atomic E-state index is -0.260. The van der Waals surface area contributed by atoms with E-state index in [0.29, 0.717) is 51.9 Å². The minimum Gasteiger partial charge on any atom is -0.379 e. The van der Waals surface area contributed by atoms with E-state index < -0.39 is 0 Å². The van der Waals surface area contributed by atoms with Gasteiger partial charge in [-0.1, -0.05) is 12.1 Å². The average molecular weight is 414 g/mol. The molecule has 0 radical (unpaired) electrons. The lowest BCUT2D eigenvalue weighted by atomic mass is 10.0. The number of hydrogen-bond acceptors (Lipinski definition) is 6. The minimum absolute atomic E-state index is 0.0162. The zero-order valence-electron chi connectivity index (χ0n) is 16.9. The first kappa shape index (κ1) is 20.5. The average Bonchev–Trinajstić information content (AvgIpc) is 2.81. The van der Waals surface area contributed by atoms with Gasteiger partial charge in [-0.05, 0) is 23.8 Å². The molecule has 0 spiro atoms. The Morgan fingerprint density at radius 1 is 1.03 bits per heavy atom. The van der Waals surface area contributed by atoms with E-state index in [1.807, 2.05) is 4.90 Å². The van der Waals surface area contributed by atoms with Crippen molar-refractivity contribution in [3.05, 3.63) is 54.1 Å². The molecule has 2 aliphatic heterocycles. The van der Waals surface area contributed by atoms with Gasteiger partial charge in [-0.3, -0.25) is 4.90 Å². The predicted octanol–water partition coefficient (Wildman–Crippen LogP) is 1.52. The number of carbonyl (C=O) groups is 1. The fourth-order valence-corrected chi connectivity index (χ4v) is 3.89. The van der Waals surface area contributed by atoms with Crippen LogP contribution in [0.4, 0.5) is 15.1 Å². The number of anilines is 1. The Labute approximate surface area is 175 Å². The second kappa shape index (κ2) is 9.82. The predicted molar refractivity (Wildman–Crippen MR) is 111 cm³/mol. The Morgan fingerprint density at radius 2 is 1.70 bits per heavy atom. The third-order valence-electron chi connectivity index (χ3n) is 5.59. The molecule has 2 amide bonds. The first-order valence-electron chi connectivity index (χ1n) is 10.3. The quantitative estimate of drug-likeness (QED) is 0.800. The van der Waals surface area contributed by atoms with Crippen molar-refractivity contribution >= 4 is 12.0 Å². The fraction of sp³-hybridized carbons (Fsp3) is 0.476. The number of amides is 2. The second-order valence-corrected chi connectivity index (χ2v) is 7.42. The first-order chi connectivity index (χ1) is 14.7. The van der Waals surface area contributed by atoms with Crippen molar-refractivity contribution < 1.29 is 13.9 Å². The highest BCUT2D eigenvalue weighted by Gasteiger charge is 2.26. The maximum Gasteiger partial charge on any atom is 0.317 e. The lowest BCUT2D eigenvalue weighted by molar-refractivity contribution is 0.0164. The standard InChI is InChI=1S/C21H27FN6O2/c22-18-4-2-17(3-5-18)19(26-12-14-30-15-13-26)16-25-21(29)28-10-8-27(9-11-28)20-23-6-1-7-24-20/h1-7,19H,8-16H2,(H,25,29)/t19-/m0/s1. The molecule has 0 unspecified atom stereocenters. The molecule has 2 aromatic rings. The van der Waals surface area contributed by atoms with Gasteiger partial charge in [-0.15, -0.1) is 0 Å². The highest BCUT2D eigenvalue weighted by molar-refractivity contribution is 5.74. The molecule has 2 aliphatic rings.